The van der Waals surface area contributed by atoms with Crippen LogP contribution in [0.3, 0.4) is 0 Å². The van der Waals surface area contributed by atoms with Crippen LogP contribution in [0.1, 0.15) is 11.1 Å². The summed E-state index contributed by atoms with van der Waals surface area (Å²) in [5.41, 5.74) is 1.38. The van der Waals surface area contributed by atoms with Gasteiger partial charge in [-0.05, 0) is 36.4 Å². The van der Waals surface area contributed by atoms with E-state index in [2.05, 4.69) is 5.32 Å². The van der Waals surface area contributed by atoms with Gasteiger partial charge in [-0.3, -0.25) is 0 Å². The maximum atomic E-state index is 13.2. The van der Waals surface area contributed by atoms with Gasteiger partial charge in [0.15, 0.2) is 0 Å². The molecule has 0 spiro atoms. The van der Waals surface area contributed by atoms with Gasteiger partial charge in [-0.2, -0.15) is 10.5 Å². The molecule has 0 saturated heterocycles. The second-order valence-corrected chi connectivity index (χ2v) is 4.17. The molecule has 0 amide bonds. The summed E-state index contributed by atoms with van der Waals surface area (Å²) >= 11 is 5.80. The molecule has 0 unspecified atom stereocenters. The molecule has 3 nitrogen and oxygen atoms in total. The molecule has 0 heterocycles. The average molecular weight is 272 g/mol. The standard InChI is InChI=1S/C14H7ClFN3/c15-11-1-4-14(10(5-11)8-18)19-12-2-3-13(16)9(6-12)7-17/h1-6,19H. The second kappa shape index (κ2) is 5.39. The van der Waals surface area contributed by atoms with Gasteiger partial charge in [0.2, 0.25) is 0 Å². The molecule has 0 aliphatic rings. The fraction of sp³-hybridized carbons (Fsp3) is 0. The monoisotopic (exact) mass is 271 g/mol. The van der Waals surface area contributed by atoms with E-state index in [0.29, 0.717) is 22.0 Å². The predicted octanol–water partition coefficient (Wildman–Crippen LogP) is 3.97. The SMILES string of the molecule is N#Cc1cc(Nc2ccc(Cl)cc2C#N)ccc1F. The van der Waals surface area contributed by atoms with E-state index in [9.17, 15) is 4.39 Å². The minimum atomic E-state index is -0.579. The van der Waals surface area contributed by atoms with Gasteiger partial charge in [-0.15, -0.1) is 0 Å². The summed E-state index contributed by atoms with van der Waals surface area (Å²) < 4.78 is 13.2. The number of nitriles is 2. The van der Waals surface area contributed by atoms with Crippen LogP contribution in [0.25, 0.3) is 0 Å². The summed E-state index contributed by atoms with van der Waals surface area (Å²) in [6.07, 6.45) is 0. The van der Waals surface area contributed by atoms with Crippen molar-refractivity contribution in [1.29, 1.82) is 10.5 Å². The highest BCUT2D eigenvalue weighted by Gasteiger charge is 2.06. The van der Waals surface area contributed by atoms with Crippen molar-refractivity contribution in [1.82, 2.24) is 0 Å². The first-order valence-corrected chi connectivity index (χ1v) is 5.68. The van der Waals surface area contributed by atoms with Crippen molar-refractivity contribution >= 4 is 23.0 Å². The Hall–Kier alpha value is -2.56. The van der Waals surface area contributed by atoms with Crippen LogP contribution in [0.5, 0.6) is 0 Å². The molecule has 0 fully saturated rings. The summed E-state index contributed by atoms with van der Waals surface area (Å²) in [6, 6.07) is 12.7. The van der Waals surface area contributed by atoms with Crippen LogP contribution in [0.2, 0.25) is 5.02 Å². The molecule has 0 aliphatic heterocycles. The lowest BCUT2D eigenvalue weighted by Crippen LogP contribution is -1.95. The zero-order valence-electron chi connectivity index (χ0n) is 9.61. The zero-order chi connectivity index (χ0) is 13.8. The number of benzene rings is 2. The first-order chi connectivity index (χ1) is 9.13. The summed E-state index contributed by atoms with van der Waals surface area (Å²) in [7, 11) is 0. The molecule has 19 heavy (non-hydrogen) atoms. The topological polar surface area (TPSA) is 59.6 Å². The lowest BCUT2D eigenvalue weighted by molar-refractivity contribution is 0.624. The van der Waals surface area contributed by atoms with Gasteiger partial charge in [0, 0.05) is 10.7 Å². The van der Waals surface area contributed by atoms with E-state index in [1.54, 1.807) is 18.2 Å². The maximum Gasteiger partial charge on any atom is 0.141 e. The van der Waals surface area contributed by atoms with Crippen molar-refractivity contribution in [3.8, 4) is 12.1 Å². The summed E-state index contributed by atoms with van der Waals surface area (Å²) in [6.45, 7) is 0. The molecule has 2 aromatic carbocycles. The molecule has 0 aliphatic carbocycles. The van der Waals surface area contributed by atoms with Gasteiger partial charge in [0.25, 0.3) is 0 Å². The molecule has 0 radical (unpaired) electrons. The van der Waals surface area contributed by atoms with E-state index >= 15 is 0 Å². The summed E-state index contributed by atoms with van der Waals surface area (Å²) in [5, 5.41) is 21.2. The minimum Gasteiger partial charge on any atom is -0.354 e. The van der Waals surface area contributed by atoms with Crippen LogP contribution in [0.15, 0.2) is 36.4 Å². The van der Waals surface area contributed by atoms with Crippen molar-refractivity contribution in [3.05, 3.63) is 58.4 Å². The minimum absolute atomic E-state index is 0.0579. The molecule has 92 valence electrons. The Morgan fingerprint density at radius 1 is 1.00 bits per heavy atom. The molecule has 0 bridgehead atoms. The Morgan fingerprint density at radius 3 is 2.42 bits per heavy atom. The van der Waals surface area contributed by atoms with Crippen molar-refractivity contribution in [2.45, 2.75) is 0 Å². The van der Waals surface area contributed by atoms with Crippen molar-refractivity contribution < 1.29 is 4.39 Å². The van der Waals surface area contributed by atoms with Crippen LogP contribution in [-0.4, -0.2) is 0 Å². The molecule has 1 N–H and O–H groups in total. The molecule has 5 heteroatoms. The predicted molar refractivity (Wildman–Crippen MR) is 70.6 cm³/mol. The van der Waals surface area contributed by atoms with Crippen molar-refractivity contribution in [2.75, 3.05) is 5.32 Å². The number of rotatable bonds is 2. The Balaban J connectivity index is 2.37. The van der Waals surface area contributed by atoms with Crippen molar-refractivity contribution in [2.24, 2.45) is 0 Å². The van der Waals surface area contributed by atoms with Gasteiger partial charge >= 0.3 is 0 Å². The van der Waals surface area contributed by atoms with E-state index in [4.69, 9.17) is 22.1 Å². The van der Waals surface area contributed by atoms with Gasteiger partial charge < -0.3 is 5.32 Å². The number of halogens is 2. The van der Waals surface area contributed by atoms with E-state index in [1.807, 2.05) is 6.07 Å². The number of hydrogen-bond acceptors (Lipinski definition) is 3. The zero-order valence-corrected chi connectivity index (χ0v) is 10.4. The highest BCUT2D eigenvalue weighted by Crippen LogP contribution is 2.24. The Bertz CT molecular complexity index is 714. The Kier molecular flexibility index (Phi) is 3.66. The number of nitrogens with one attached hydrogen (secondary N) is 1. The molecule has 0 atom stereocenters. The van der Waals surface area contributed by atoms with Crippen molar-refractivity contribution in [3.63, 3.8) is 0 Å². The van der Waals surface area contributed by atoms with E-state index in [-0.39, 0.29) is 5.56 Å². The number of hydrogen-bond donors (Lipinski definition) is 1. The smallest absolute Gasteiger partial charge is 0.141 e. The first-order valence-electron chi connectivity index (χ1n) is 5.30. The molecular weight excluding hydrogens is 265 g/mol. The number of anilines is 2. The third-order valence-corrected chi connectivity index (χ3v) is 2.70. The number of nitrogens with zero attached hydrogens (tertiary/aromatic N) is 2. The molecule has 0 saturated carbocycles. The quantitative estimate of drug-likeness (QED) is 0.899. The molecule has 2 rings (SSSR count). The lowest BCUT2D eigenvalue weighted by Gasteiger charge is -2.09. The third kappa shape index (κ3) is 2.82. The Morgan fingerprint density at radius 2 is 1.74 bits per heavy atom. The van der Waals surface area contributed by atoms with Crippen LogP contribution < -0.4 is 5.32 Å². The molecule has 2 aromatic rings. The summed E-state index contributed by atoms with van der Waals surface area (Å²) in [4.78, 5) is 0. The third-order valence-electron chi connectivity index (χ3n) is 2.47. The highest BCUT2D eigenvalue weighted by molar-refractivity contribution is 6.30. The van der Waals surface area contributed by atoms with E-state index in [1.165, 1.54) is 24.3 Å². The van der Waals surface area contributed by atoms with Crippen LogP contribution >= 0.6 is 11.6 Å². The van der Waals surface area contributed by atoms with Crippen LogP contribution in [-0.2, 0) is 0 Å². The average Bonchev–Trinajstić information content (AvgIpc) is 2.42. The van der Waals surface area contributed by atoms with E-state index < -0.39 is 5.82 Å². The maximum absolute atomic E-state index is 13.2. The van der Waals surface area contributed by atoms with Gasteiger partial charge in [-0.1, -0.05) is 11.6 Å². The fourth-order valence-electron chi connectivity index (χ4n) is 1.56. The van der Waals surface area contributed by atoms with Gasteiger partial charge in [0.05, 0.1) is 16.8 Å². The lowest BCUT2D eigenvalue weighted by atomic mass is 10.1. The van der Waals surface area contributed by atoms with Gasteiger partial charge in [-0.25, -0.2) is 4.39 Å². The normalized spacial score (nSPS) is 9.47. The fourth-order valence-corrected chi connectivity index (χ4v) is 1.73. The largest absolute Gasteiger partial charge is 0.354 e. The summed E-state index contributed by atoms with van der Waals surface area (Å²) in [5.74, 6) is -0.579. The van der Waals surface area contributed by atoms with Gasteiger partial charge in [0.1, 0.15) is 18.0 Å². The highest BCUT2D eigenvalue weighted by atomic mass is 35.5. The van der Waals surface area contributed by atoms with Crippen LogP contribution in [0, 0.1) is 28.5 Å². The van der Waals surface area contributed by atoms with Crippen LogP contribution in [0.4, 0.5) is 15.8 Å². The Labute approximate surface area is 114 Å². The second-order valence-electron chi connectivity index (χ2n) is 3.73. The molecule has 0 aromatic heterocycles. The molecular formula is C14H7ClFN3. The first kappa shape index (κ1) is 12.9. The van der Waals surface area contributed by atoms with E-state index in [0.717, 1.165) is 0 Å².